The highest BCUT2D eigenvalue weighted by Crippen LogP contribution is 2.22. The second-order valence-corrected chi connectivity index (χ2v) is 5.67. The molecule has 1 saturated carbocycles. The Hall–Kier alpha value is -0.870. The molecule has 4 nitrogen and oxygen atoms in total. The molecule has 0 radical (unpaired) electrons. The zero-order valence-corrected chi connectivity index (χ0v) is 12.4. The lowest BCUT2D eigenvalue weighted by Crippen LogP contribution is -2.32. The summed E-state index contributed by atoms with van der Waals surface area (Å²) in [6.45, 7) is 6.38. The van der Waals surface area contributed by atoms with E-state index in [1.807, 2.05) is 12.5 Å². The molecule has 0 unspecified atom stereocenters. The van der Waals surface area contributed by atoms with Crippen molar-refractivity contribution in [3.63, 3.8) is 0 Å². The van der Waals surface area contributed by atoms with Crippen molar-refractivity contribution < 1.29 is 0 Å². The molecule has 2 rings (SSSR count). The lowest BCUT2D eigenvalue weighted by molar-refractivity contribution is 0.235. The maximum absolute atomic E-state index is 4.28. The molecule has 1 heterocycles. The molecule has 1 aliphatic rings. The molecule has 0 bridgehead atoms. The van der Waals surface area contributed by atoms with Gasteiger partial charge in [-0.2, -0.15) is 0 Å². The Morgan fingerprint density at radius 1 is 1.42 bits per heavy atom. The van der Waals surface area contributed by atoms with Gasteiger partial charge in [0.05, 0.1) is 12.0 Å². The van der Waals surface area contributed by atoms with Gasteiger partial charge in [-0.15, -0.1) is 0 Å². The minimum absolute atomic E-state index is 0.810. The fourth-order valence-corrected chi connectivity index (χ4v) is 2.88. The zero-order valence-electron chi connectivity index (χ0n) is 12.4. The quantitative estimate of drug-likeness (QED) is 0.731. The summed E-state index contributed by atoms with van der Waals surface area (Å²) in [5, 5.41) is 3.45. The maximum Gasteiger partial charge on any atom is 0.0949 e. The van der Waals surface area contributed by atoms with Crippen molar-refractivity contribution in [3.8, 4) is 0 Å². The molecule has 1 fully saturated rings. The Kier molecular flexibility index (Phi) is 5.86. The van der Waals surface area contributed by atoms with Crippen LogP contribution in [0.15, 0.2) is 12.5 Å². The van der Waals surface area contributed by atoms with Crippen LogP contribution in [0.3, 0.4) is 0 Å². The third-order valence-corrected chi connectivity index (χ3v) is 4.17. The van der Waals surface area contributed by atoms with Crippen LogP contribution in [-0.4, -0.2) is 40.6 Å². The molecule has 0 aliphatic heterocycles. The van der Waals surface area contributed by atoms with Crippen LogP contribution < -0.4 is 5.32 Å². The van der Waals surface area contributed by atoms with Crippen molar-refractivity contribution in [2.75, 3.05) is 20.1 Å². The standard InChI is InChI=1S/C15H28N4/c1-3-8-16-11-15-12-17-13-19(15)10-9-18(2)14-6-4-5-7-14/h12-14,16H,3-11H2,1-2H3. The SMILES string of the molecule is CCCNCc1cncn1CCN(C)C1CCCC1. The van der Waals surface area contributed by atoms with Gasteiger partial charge in [0.15, 0.2) is 0 Å². The van der Waals surface area contributed by atoms with E-state index in [-0.39, 0.29) is 0 Å². The minimum Gasteiger partial charge on any atom is -0.332 e. The van der Waals surface area contributed by atoms with E-state index in [0.29, 0.717) is 0 Å². The van der Waals surface area contributed by atoms with Crippen LogP contribution in [0.25, 0.3) is 0 Å². The van der Waals surface area contributed by atoms with E-state index in [0.717, 1.165) is 32.2 Å². The van der Waals surface area contributed by atoms with Gasteiger partial charge >= 0.3 is 0 Å². The third-order valence-electron chi connectivity index (χ3n) is 4.17. The number of hydrogen-bond donors (Lipinski definition) is 1. The lowest BCUT2D eigenvalue weighted by atomic mass is 10.2. The predicted octanol–water partition coefficient (Wildman–Crippen LogP) is 2.26. The molecule has 4 heteroatoms. The van der Waals surface area contributed by atoms with Gasteiger partial charge in [0.1, 0.15) is 0 Å². The van der Waals surface area contributed by atoms with Crippen molar-refractivity contribution in [1.82, 2.24) is 19.8 Å². The van der Waals surface area contributed by atoms with Crippen LogP contribution >= 0.6 is 0 Å². The number of likely N-dealkylation sites (N-methyl/N-ethyl adjacent to an activating group) is 1. The molecule has 0 saturated heterocycles. The molecular formula is C15H28N4. The van der Waals surface area contributed by atoms with Crippen LogP contribution in [0.1, 0.15) is 44.7 Å². The summed E-state index contributed by atoms with van der Waals surface area (Å²) in [5.74, 6) is 0. The van der Waals surface area contributed by atoms with E-state index >= 15 is 0 Å². The van der Waals surface area contributed by atoms with Gasteiger partial charge < -0.3 is 14.8 Å². The summed E-state index contributed by atoms with van der Waals surface area (Å²) >= 11 is 0. The zero-order chi connectivity index (χ0) is 13.5. The van der Waals surface area contributed by atoms with Crippen LogP contribution in [0.2, 0.25) is 0 Å². The summed E-state index contributed by atoms with van der Waals surface area (Å²) in [7, 11) is 2.27. The molecule has 1 aliphatic carbocycles. The van der Waals surface area contributed by atoms with Gasteiger partial charge in [-0.3, -0.25) is 0 Å². The molecule has 108 valence electrons. The number of rotatable bonds is 8. The summed E-state index contributed by atoms with van der Waals surface area (Å²) in [6.07, 6.45) is 10.7. The van der Waals surface area contributed by atoms with E-state index in [4.69, 9.17) is 0 Å². The number of imidazole rings is 1. The fraction of sp³-hybridized carbons (Fsp3) is 0.800. The highest BCUT2D eigenvalue weighted by Gasteiger charge is 2.19. The van der Waals surface area contributed by atoms with Crippen LogP contribution in [0.5, 0.6) is 0 Å². The van der Waals surface area contributed by atoms with Gasteiger partial charge in [-0.05, 0) is 32.9 Å². The predicted molar refractivity (Wildman–Crippen MR) is 79.1 cm³/mol. The number of aromatic nitrogens is 2. The fourth-order valence-electron chi connectivity index (χ4n) is 2.88. The number of nitrogens with zero attached hydrogens (tertiary/aromatic N) is 3. The summed E-state index contributed by atoms with van der Waals surface area (Å²) < 4.78 is 2.29. The summed E-state index contributed by atoms with van der Waals surface area (Å²) in [6, 6.07) is 0.810. The molecule has 0 atom stereocenters. The van der Waals surface area contributed by atoms with Gasteiger partial charge in [0.25, 0.3) is 0 Å². The first kappa shape index (κ1) is 14.5. The summed E-state index contributed by atoms with van der Waals surface area (Å²) in [5.41, 5.74) is 1.30. The first-order valence-electron chi connectivity index (χ1n) is 7.71. The van der Waals surface area contributed by atoms with Crippen molar-refractivity contribution in [2.24, 2.45) is 0 Å². The van der Waals surface area contributed by atoms with Gasteiger partial charge in [-0.25, -0.2) is 4.98 Å². The molecule has 1 N–H and O–H groups in total. The molecule has 0 amide bonds. The second-order valence-electron chi connectivity index (χ2n) is 5.67. The van der Waals surface area contributed by atoms with Crippen molar-refractivity contribution >= 4 is 0 Å². The van der Waals surface area contributed by atoms with Crippen molar-refractivity contribution in [2.45, 2.75) is 58.2 Å². The monoisotopic (exact) mass is 264 g/mol. The van der Waals surface area contributed by atoms with E-state index in [2.05, 4.69) is 33.7 Å². The minimum atomic E-state index is 0.810. The molecule has 0 aromatic carbocycles. The average molecular weight is 264 g/mol. The Bertz CT molecular complexity index is 355. The third kappa shape index (κ3) is 4.32. The van der Waals surface area contributed by atoms with E-state index in [1.165, 1.54) is 37.8 Å². The number of nitrogens with one attached hydrogen (secondary N) is 1. The van der Waals surface area contributed by atoms with Crippen LogP contribution in [0, 0.1) is 0 Å². The molecule has 0 spiro atoms. The highest BCUT2D eigenvalue weighted by molar-refractivity contribution is 4.98. The molecule has 19 heavy (non-hydrogen) atoms. The van der Waals surface area contributed by atoms with Crippen molar-refractivity contribution in [3.05, 3.63) is 18.2 Å². The van der Waals surface area contributed by atoms with Crippen LogP contribution in [-0.2, 0) is 13.1 Å². The smallest absolute Gasteiger partial charge is 0.0949 e. The first-order chi connectivity index (χ1) is 9.31. The second kappa shape index (κ2) is 7.65. The van der Waals surface area contributed by atoms with Gasteiger partial charge in [0.2, 0.25) is 0 Å². The normalized spacial score (nSPS) is 16.6. The van der Waals surface area contributed by atoms with Gasteiger partial charge in [0, 0.05) is 31.9 Å². The van der Waals surface area contributed by atoms with Crippen LogP contribution in [0.4, 0.5) is 0 Å². The van der Waals surface area contributed by atoms with E-state index in [9.17, 15) is 0 Å². The van der Waals surface area contributed by atoms with E-state index < -0.39 is 0 Å². The Labute approximate surface area is 117 Å². The summed E-state index contributed by atoms with van der Waals surface area (Å²) in [4.78, 5) is 6.80. The van der Waals surface area contributed by atoms with E-state index in [1.54, 1.807) is 0 Å². The van der Waals surface area contributed by atoms with Gasteiger partial charge in [-0.1, -0.05) is 19.8 Å². The van der Waals surface area contributed by atoms with Crippen molar-refractivity contribution in [1.29, 1.82) is 0 Å². The molecular weight excluding hydrogens is 236 g/mol. The maximum atomic E-state index is 4.28. The highest BCUT2D eigenvalue weighted by atomic mass is 15.2. The Morgan fingerprint density at radius 2 is 2.21 bits per heavy atom. The Morgan fingerprint density at radius 3 is 2.95 bits per heavy atom. The Balaban J connectivity index is 1.77. The largest absolute Gasteiger partial charge is 0.332 e. The average Bonchev–Trinajstić information content (AvgIpc) is 3.08. The first-order valence-corrected chi connectivity index (χ1v) is 7.71. The number of hydrogen-bond acceptors (Lipinski definition) is 3. The lowest BCUT2D eigenvalue weighted by Gasteiger charge is -2.24. The molecule has 1 aromatic heterocycles. The topological polar surface area (TPSA) is 33.1 Å². The molecule has 1 aromatic rings.